The van der Waals surface area contributed by atoms with Crippen LogP contribution in [0.15, 0.2) is 24.3 Å². The lowest BCUT2D eigenvalue weighted by atomic mass is 10.1. The van der Waals surface area contributed by atoms with Crippen molar-refractivity contribution in [2.24, 2.45) is 5.73 Å². The Morgan fingerprint density at radius 3 is 2.38 bits per heavy atom. The number of hydrogen-bond acceptors (Lipinski definition) is 3. The van der Waals surface area contributed by atoms with Crippen molar-refractivity contribution in [2.45, 2.75) is 13.3 Å². The maximum absolute atomic E-state index is 11.3. The molecule has 16 heavy (non-hydrogen) atoms. The van der Waals surface area contributed by atoms with Crippen LogP contribution in [-0.2, 0) is 16.4 Å². The predicted octanol–water partition coefficient (Wildman–Crippen LogP) is 1.28. The van der Waals surface area contributed by atoms with Crippen molar-refractivity contribution >= 4 is 32.9 Å². The molecule has 0 heterocycles. The molecule has 0 aliphatic heterocycles. The molecule has 1 rings (SSSR count). The minimum atomic E-state index is -3.21. The third-order valence-electron chi connectivity index (χ3n) is 1.99. The average molecular weight is 258 g/mol. The number of hydrogen-bond donors (Lipinski definition) is 2. The van der Waals surface area contributed by atoms with E-state index in [1.165, 1.54) is 0 Å². The molecule has 0 amide bonds. The number of nitrogens with two attached hydrogens (primary N) is 1. The fraction of sp³-hybridized carbons (Fsp3) is 0.300. The van der Waals surface area contributed by atoms with Crippen molar-refractivity contribution in [3.05, 3.63) is 29.8 Å². The zero-order valence-electron chi connectivity index (χ0n) is 8.93. The lowest BCUT2D eigenvalue weighted by Gasteiger charge is -2.06. The summed E-state index contributed by atoms with van der Waals surface area (Å²) in [4.78, 5) is 0.418. The summed E-state index contributed by atoms with van der Waals surface area (Å²) in [6.45, 7) is 1.59. The van der Waals surface area contributed by atoms with Gasteiger partial charge >= 0.3 is 0 Å². The van der Waals surface area contributed by atoms with E-state index in [4.69, 9.17) is 18.0 Å². The van der Waals surface area contributed by atoms with Crippen molar-refractivity contribution in [3.8, 4) is 0 Å². The Kier molecular flexibility index (Phi) is 4.26. The first-order valence-corrected chi connectivity index (χ1v) is 6.87. The topological polar surface area (TPSA) is 72.2 Å². The van der Waals surface area contributed by atoms with Crippen LogP contribution in [0.1, 0.15) is 12.5 Å². The fourth-order valence-corrected chi connectivity index (χ4v) is 1.95. The molecule has 0 aliphatic carbocycles. The van der Waals surface area contributed by atoms with Crippen molar-refractivity contribution < 1.29 is 8.42 Å². The van der Waals surface area contributed by atoms with Crippen molar-refractivity contribution in [1.29, 1.82) is 0 Å². The highest BCUT2D eigenvalue weighted by atomic mass is 32.2. The molecular formula is C10H14N2O2S2. The molecule has 88 valence electrons. The standard InChI is InChI=1S/C10H14N2O2S2/c1-2-16(13,14)12-9-5-3-8(4-6-9)7-10(11)15/h3-6,12H,2,7H2,1H3,(H2,11,15). The van der Waals surface area contributed by atoms with Crippen LogP contribution in [0.3, 0.4) is 0 Å². The highest BCUT2D eigenvalue weighted by Crippen LogP contribution is 2.11. The quantitative estimate of drug-likeness (QED) is 0.780. The summed E-state index contributed by atoms with van der Waals surface area (Å²) in [5.41, 5.74) is 6.92. The second-order valence-electron chi connectivity index (χ2n) is 3.35. The molecule has 0 saturated carbocycles. The Labute approximate surface area is 101 Å². The van der Waals surface area contributed by atoms with Gasteiger partial charge in [-0.25, -0.2) is 8.42 Å². The first-order valence-electron chi connectivity index (χ1n) is 4.80. The lowest BCUT2D eigenvalue weighted by Crippen LogP contribution is -2.14. The van der Waals surface area contributed by atoms with E-state index in [1.54, 1.807) is 31.2 Å². The van der Waals surface area contributed by atoms with Crippen LogP contribution in [0.2, 0.25) is 0 Å². The van der Waals surface area contributed by atoms with Crippen LogP contribution in [0.4, 0.5) is 5.69 Å². The number of anilines is 1. The monoisotopic (exact) mass is 258 g/mol. The second-order valence-corrected chi connectivity index (χ2v) is 5.88. The molecule has 0 spiro atoms. The Morgan fingerprint density at radius 1 is 1.38 bits per heavy atom. The summed E-state index contributed by atoms with van der Waals surface area (Å²) in [5.74, 6) is 0.0572. The van der Waals surface area contributed by atoms with Crippen LogP contribution in [0.25, 0.3) is 0 Å². The van der Waals surface area contributed by atoms with Gasteiger partial charge in [-0.1, -0.05) is 24.4 Å². The highest BCUT2D eigenvalue weighted by Gasteiger charge is 2.06. The van der Waals surface area contributed by atoms with E-state index in [9.17, 15) is 8.42 Å². The summed E-state index contributed by atoms with van der Waals surface area (Å²) >= 11 is 4.78. The third-order valence-corrected chi connectivity index (χ3v) is 3.44. The summed E-state index contributed by atoms with van der Waals surface area (Å²) < 4.78 is 25.0. The average Bonchev–Trinajstić information content (AvgIpc) is 2.20. The van der Waals surface area contributed by atoms with Gasteiger partial charge in [-0.3, -0.25) is 4.72 Å². The third kappa shape index (κ3) is 4.16. The smallest absolute Gasteiger partial charge is 0.232 e. The van der Waals surface area contributed by atoms with Gasteiger partial charge in [0.15, 0.2) is 0 Å². The zero-order chi connectivity index (χ0) is 12.2. The summed E-state index contributed by atoms with van der Waals surface area (Å²) in [5, 5.41) is 0. The molecule has 0 fully saturated rings. The van der Waals surface area contributed by atoms with Crippen LogP contribution in [0, 0.1) is 0 Å². The molecule has 0 unspecified atom stereocenters. The van der Waals surface area contributed by atoms with Gasteiger partial charge in [-0.05, 0) is 24.6 Å². The maximum atomic E-state index is 11.3. The van der Waals surface area contributed by atoms with E-state index in [2.05, 4.69) is 4.72 Å². The van der Waals surface area contributed by atoms with Gasteiger partial charge in [0.1, 0.15) is 0 Å². The molecule has 0 atom stereocenters. The minimum Gasteiger partial charge on any atom is -0.393 e. The maximum Gasteiger partial charge on any atom is 0.232 e. The number of sulfonamides is 1. The van der Waals surface area contributed by atoms with Gasteiger partial charge in [0.05, 0.1) is 10.7 Å². The van der Waals surface area contributed by atoms with E-state index in [-0.39, 0.29) is 5.75 Å². The normalized spacial score (nSPS) is 11.1. The molecule has 0 aromatic heterocycles. The molecule has 0 bridgehead atoms. The van der Waals surface area contributed by atoms with Crippen LogP contribution in [-0.4, -0.2) is 19.2 Å². The van der Waals surface area contributed by atoms with Gasteiger partial charge in [-0.15, -0.1) is 0 Å². The molecule has 1 aromatic rings. The SMILES string of the molecule is CCS(=O)(=O)Nc1ccc(CC(N)=S)cc1. The Hall–Kier alpha value is -1.14. The largest absolute Gasteiger partial charge is 0.393 e. The van der Waals surface area contributed by atoms with Crippen LogP contribution < -0.4 is 10.5 Å². The molecule has 1 aromatic carbocycles. The van der Waals surface area contributed by atoms with Crippen molar-refractivity contribution in [1.82, 2.24) is 0 Å². The number of rotatable bonds is 5. The summed E-state index contributed by atoms with van der Waals surface area (Å²) in [6, 6.07) is 6.99. The first-order chi connectivity index (χ1) is 7.43. The summed E-state index contributed by atoms with van der Waals surface area (Å²) in [7, 11) is -3.21. The number of benzene rings is 1. The highest BCUT2D eigenvalue weighted by molar-refractivity contribution is 7.92. The lowest BCUT2D eigenvalue weighted by molar-refractivity contribution is 0.602. The number of thiocarbonyl (C=S) groups is 1. The predicted molar refractivity (Wildman–Crippen MR) is 70.0 cm³/mol. The van der Waals surface area contributed by atoms with Crippen molar-refractivity contribution in [2.75, 3.05) is 10.5 Å². The van der Waals surface area contributed by atoms with E-state index < -0.39 is 10.0 Å². The van der Waals surface area contributed by atoms with Gasteiger partial charge < -0.3 is 5.73 Å². The van der Waals surface area contributed by atoms with Gasteiger partial charge in [0.2, 0.25) is 10.0 Å². The zero-order valence-corrected chi connectivity index (χ0v) is 10.6. The Balaban J connectivity index is 2.76. The molecule has 6 heteroatoms. The second kappa shape index (κ2) is 5.27. The molecular weight excluding hydrogens is 244 g/mol. The fourth-order valence-electron chi connectivity index (χ4n) is 1.14. The van der Waals surface area contributed by atoms with Crippen LogP contribution in [0.5, 0.6) is 0 Å². The number of nitrogens with one attached hydrogen (secondary N) is 1. The summed E-state index contributed by atoms with van der Waals surface area (Å²) in [6.07, 6.45) is 0.524. The Bertz CT molecular complexity index is 466. The Morgan fingerprint density at radius 2 is 1.94 bits per heavy atom. The molecule has 0 saturated heterocycles. The van der Waals surface area contributed by atoms with E-state index in [0.29, 0.717) is 17.1 Å². The van der Waals surface area contributed by atoms with Gasteiger partial charge in [0, 0.05) is 12.1 Å². The van der Waals surface area contributed by atoms with Gasteiger partial charge in [-0.2, -0.15) is 0 Å². The first kappa shape index (κ1) is 12.9. The van der Waals surface area contributed by atoms with E-state index in [1.807, 2.05) is 0 Å². The molecule has 0 aliphatic rings. The minimum absolute atomic E-state index is 0.0572. The van der Waals surface area contributed by atoms with E-state index >= 15 is 0 Å². The van der Waals surface area contributed by atoms with Gasteiger partial charge in [0.25, 0.3) is 0 Å². The molecule has 4 nitrogen and oxygen atoms in total. The van der Waals surface area contributed by atoms with Crippen molar-refractivity contribution in [3.63, 3.8) is 0 Å². The van der Waals surface area contributed by atoms with Crippen LogP contribution >= 0.6 is 12.2 Å². The molecule has 3 N–H and O–H groups in total. The molecule has 0 radical (unpaired) electrons. The van der Waals surface area contributed by atoms with E-state index in [0.717, 1.165) is 5.56 Å².